The number of halogens is 3. The van der Waals surface area contributed by atoms with Gasteiger partial charge in [0.05, 0.1) is 32.8 Å². The van der Waals surface area contributed by atoms with Crippen molar-refractivity contribution < 1.29 is 23.4 Å². The number of aromatic nitrogens is 16. The van der Waals surface area contributed by atoms with Crippen molar-refractivity contribution in [1.29, 1.82) is 0 Å². The van der Waals surface area contributed by atoms with Gasteiger partial charge in [0.1, 0.15) is 24.2 Å². The molecule has 0 amide bonds. The van der Waals surface area contributed by atoms with E-state index >= 15 is 0 Å². The van der Waals surface area contributed by atoms with E-state index in [4.69, 9.17) is 19.9 Å². The number of aryl methyl sites for hydroxylation is 8. The van der Waals surface area contributed by atoms with E-state index in [-0.39, 0.29) is 89.0 Å². The van der Waals surface area contributed by atoms with Gasteiger partial charge in [0.15, 0.2) is 44.7 Å². The number of aromatic amines is 1. The monoisotopic (exact) mass is 2040 g/mol. The molecule has 0 atom stereocenters. The quantitative estimate of drug-likeness (QED) is 0.0536. The molecule has 8 aromatic heterocycles. The Balaban J connectivity index is 0.000000136. The Hall–Kier alpha value is -14.1. The summed E-state index contributed by atoms with van der Waals surface area (Å²) in [5, 5.41) is 19.2. The Morgan fingerprint density at radius 2 is 0.678 bits per heavy atom. The van der Waals surface area contributed by atoms with Gasteiger partial charge in [-0.05, 0) is 120 Å². The Morgan fingerprint density at radius 3 is 1.04 bits per heavy atom. The van der Waals surface area contributed by atoms with E-state index in [1.807, 2.05) is 0 Å². The zero-order valence-electron chi connectivity index (χ0n) is 88.3. The average molecular weight is 2040 g/mol. The molecule has 1 aliphatic carbocycles. The first-order valence-electron chi connectivity index (χ1n) is 51.7. The molecule has 0 bridgehead atoms. The summed E-state index contributed by atoms with van der Waals surface area (Å²) in [4.78, 5) is 143. The number of aliphatic hydroxyl groups is 2. The number of H-pyrrole nitrogens is 1. The van der Waals surface area contributed by atoms with Gasteiger partial charge in [0.25, 0.3) is 22.2 Å². The number of anilines is 4. The Bertz CT molecular complexity index is 7920. The topological polar surface area (TPSA) is 325 Å². The molecule has 5 fully saturated rings. The third-order valence-electron chi connectivity index (χ3n) is 30.1. The van der Waals surface area contributed by atoms with E-state index in [0.29, 0.717) is 102 Å². The van der Waals surface area contributed by atoms with Crippen LogP contribution in [0.4, 0.5) is 37.0 Å². The van der Waals surface area contributed by atoms with Crippen molar-refractivity contribution >= 4 is 68.4 Å². The summed E-state index contributed by atoms with van der Waals surface area (Å²) in [6.45, 7) is 37.6. The first-order valence-corrected chi connectivity index (χ1v) is 51.7. The molecule has 788 valence electrons. The van der Waals surface area contributed by atoms with Crippen molar-refractivity contribution in [3.05, 3.63) is 331 Å². The second-order valence-corrected chi connectivity index (χ2v) is 42.6. The summed E-state index contributed by atoms with van der Waals surface area (Å²) < 4.78 is 59.5. The molecule has 4 saturated heterocycles. The molecule has 0 unspecified atom stereocenters. The van der Waals surface area contributed by atoms with E-state index in [9.17, 15) is 61.7 Å². The van der Waals surface area contributed by atoms with Crippen molar-refractivity contribution in [2.45, 2.75) is 178 Å². The van der Waals surface area contributed by atoms with Crippen LogP contribution in [0.5, 0.6) is 0 Å². The molecule has 1 saturated carbocycles. The number of benzene rings is 7. The molecule has 34 nitrogen and oxygen atoms in total. The Morgan fingerprint density at radius 1 is 0.342 bits per heavy atom. The fourth-order valence-electron chi connectivity index (χ4n) is 21.0. The van der Waals surface area contributed by atoms with Crippen LogP contribution in [-0.2, 0) is 112 Å². The zero-order valence-corrected chi connectivity index (χ0v) is 88.3. The molecule has 12 heterocycles. The predicted octanol–water partition coefficient (Wildman–Crippen LogP) is 10.9. The number of fused-ring (bicyclic) bond motifs is 4. The molecule has 20 rings (SSSR count). The summed E-state index contributed by atoms with van der Waals surface area (Å²) in [6.07, 6.45) is 6.17. The highest BCUT2D eigenvalue weighted by atomic mass is 19.1. The van der Waals surface area contributed by atoms with Gasteiger partial charge in [-0.3, -0.25) is 84.9 Å². The summed E-state index contributed by atoms with van der Waals surface area (Å²) in [5.74, 6) is 1.89. The molecule has 4 aliphatic heterocycles. The first kappa shape index (κ1) is 106. The van der Waals surface area contributed by atoms with Crippen LogP contribution >= 0.6 is 0 Å². The van der Waals surface area contributed by atoms with Gasteiger partial charge in [-0.25, -0.2) is 36.9 Å². The van der Waals surface area contributed by atoms with E-state index in [0.717, 1.165) is 118 Å². The minimum absolute atomic E-state index is 0.0672. The lowest BCUT2D eigenvalue weighted by molar-refractivity contribution is 0.199. The van der Waals surface area contributed by atoms with Crippen molar-refractivity contribution in [3.8, 4) is 0 Å². The van der Waals surface area contributed by atoms with Crippen molar-refractivity contribution in [2.75, 3.05) is 131 Å². The zero-order chi connectivity index (χ0) is 106. The molecular weight excluding hydrogens is 1900 g/mol. The number of nitrogens with one attached hydrogen (secondary N) is 1. The number of rotatable bonds is 23. The van der Waals surface area contributed by atoms with Crippen LogP contribution in [0.2, 0.25) is 0 Å². The normalized spacial score (nSPS) is 15.5. The van der Waals surface area contributed by atoms with Crippen LogP contribution in [0.1, 0.15) is 146 Å². The number of nitrogens with zero attached hydrogens (tertiary/aromatic N) is 23. The molecule has 37 heteroatoms. The van der Waals surface area contributed by atoms with Gasteiger partial charge < -0.3 is 34.4 Å². The van der Waals surface area contributed by atoms with Crippen molar-refractivity contribution in [2.24, 2.45) is 41.2 Å². The average Bonchev–Trinajstić information content (AvgIpc) is 1.59. The lowest BCUT2D eigenvalue weighted by Gasteiger charge is -2.36. The minimum Gasteiger partial charge on any atom is -0.395 e. The fraction of sp³-hybridized carbons (Fsp3) is 0.446. The van der Waals surface area contributed by atoms with Crippen molar-refractivity contribution in [1.82, 2.24) is 94.8 Å². The molecule has 0 radical (unpaired) electrons. The maximum atomic E-state index is 14.7. The standard InChI is InChI=1S/C30H37FN6O3.C29H35FN6O3.C27H31FN6O2.C26H36N6O2/c1-30(2,3)23-11-9-21(10-12-23)19-34-13-15-35(16-14-34)28-32-26-25(27(39)36(17-18-38)29(40)33(26)4)37(28)20-22-7-5-6-8-24(22)31;1-29(2,3)22-11-9-20(10-12-22)17-33-13-15-34(16-14-33)27-31-25-24(26(38)36(19-37)28(39)32(25)4)35(27)18-21-7-5-6-8-23(21)30;1-18-9-10-19(2)21(15-18)16-32-11-13-33(14-12-32)26-29-24-23(25(35)31(4)27(36)30(24)3)34(26)17-20-7-5-6-8-22(20)28;1-18-9-10-19(2)21(15-18)17-30-11-13-31(14-12-30)25-27-23-22(24(33)28-26(34)29(23)3)32(25)16-20-7-5-4-6-8-20/h5-12,38H,13-20H2,1-4H3;5-12,37H,13-19H2,1-4H3;5-10,15H,11-14,16-17H2,1-4H3;9-10,15,20H,4-8,11-14,16-17H2,1-3H3,(H,28,33,34). The van der Waals surface area contributed by atoms with Crippen LogP contribution in [0, 0.1) is 51.1 Å². The number of hydrogen-bond donors (Lipinski definition) is 3. The largest absolute Gasteiger partial charge is 0.395 e. The van der Waals surface area contributed by atoms with E-state index in [1.165, 1.54) is 138 Å². The molecular formula is C112H139F3N24O10. The summed E-state index contributed by atoms with van der Waals surface area (Å²) >= 11 is 0. The van der Waals surface area contributed by atoms with Gasteiger partial charge >= 0.3 is 22.8 Å². The predicted molar refractivity (Wildman–Crippen MR) is 579 cm³/mol. The van der Waals surface area contributed by atoms with Crippen LogP contribution in [-0.4, -0.2) is 216 Å². The second kappa shape index (κ2) is 45.1. The smallest absolute Gasteiger partial charge is 0.334 e. The number of aliphatic hydroxyl groups excluding tert-OH is 2. The van der Waals surface area contributed by atoms with Gasteiger partial charge in [-0.15, -0.1) is 0 Å². The maximum absolute atomic E-state index is 14.7. The highest BCUT2D eigenvalue weighted by Crippen LogP contribution is 2.34. The van der Waals surface area contributed by atoms with Crippen LogP contribution in [0.25, 0.3) is 44.7 Å². The second-order valence-electron chi connectivity index (χ2n) is 42.6. The van der Waals surface area contributed by atoms with E-state index in [2.05, 4.69) is 203 Å². The lowest BCUT2D eigenvalue weighted by atomic mass is 9.87. The summed E-state index contributed by atoms with van der Waals surface area (Å²) in [6, 6.07) is 50.1. The lowest BCUT2D eigenvalue weighted by Crippen LogP contribution is -2.47. The summed E-state index contributed by atoms with van der Waals surface area (Å²) in [5.41, 5.74) is 13.0. The first-order chi connectivity index (χ1) is 71.3. The van der Waals surface area contributed by atoms with Gasteiger partial charge in [0.2, 0.25) is 23.8 Å². The SMILES string of the molecule is Cc1ccc(C)c(CN2CCN(c3nc4c(c(=O)[nH]c(=O)n4C)n3CC3CCCCC3)CC2)c1.Cc1ccc(C)c(CN2CCN(c3nc4c(c(=O)n(C)c(=O)n4C)n3Cc3ccccc3F)CC2)c1.Cn1c(=O)n(CCO)c(=O)c2c1nc(N1CCN(Cc3ccc(C(C)(C)C)cc3)CC1)n2Cc1ccccc1F.Cn1c(=O)n(CO)c(=O)c2c1nc(N1CCN(Cc3ccc(C(C)(C)C)cc3)CC1)n2Cc1ccccc1F. The van der Waals surface area contributed by atoms with Crippen molar-refractivity contribution in [3.63, 3.8) is 0 Å². The Kier molecular flexibility index (Phi) is 32.2. The number of piperazine rings is 4. The molecule has 0 spiro atoms. The molecule has 5 aliphatic rings. The van der Waals surface area contributed by atoms with Crippen LogP contribution in [0.15, 0.2) is 196 Å². The summed E-state index contributed by atoms with van der Waals surface area (Å²) in [7, 11) is 7.83. The molecule has 3 N–H and O–H groups in total. The highest BCUT2D eigenvalue weighted by molar-refractivity contribution is 5.78. The van der Waals surface area contributed by atoms with Gasteiger partial charge in [0, 0.05) is 189 Å². The van der Waals surface area contributed by atoms with Crippen LogP contribution < -0.4 is 64.6 Å². The maximum Gasteiger partial charge on any atom is 0.334 e. The fourth-order valence-corrected chi connectivity index (χ4v) is 21.0. The van der Waals surface area contributed by atoms with Gasteiger partial charge in [-0.1, -0.05) is 211 Å². The minimum atomic E-state index is -0.753. The molecule has 7 aromatic carbocycles. The number of hydrogen-bond acceptors (Lipinski definition) is 22. The molecule has 15 aromatic rings. The molecule has 149 heavy (non-hydrogen) atoms. The van der Waals surface area contributed by atoms with E-state index in [1.54, 1.807) is 89.4 Å². The third-order valence-corrected chi connectivity index (χ3v) is 30.1. The van der Waals surface area contributed by atoms with E-state index < -0.39 is 46.2 Å². The van der Waals surface area contributed by atoms with Crippen LogP contribution in [0.3, 0.4) is 0 Å². The third kappa shape index (κ3) is 23.0. The highest BCUT2D eigenvalue weighted by Gasteiger charge is 2.35. The van der Waals surface area contributed by atoms with Gasteiger partial charge in [-0.2, -0.15) is 19.9 Å². The number of imidazole rings is 4. The Labute approximate surface area is 862 Å².